The highest BCUT2D eigenvalue weighted by Gasteiger charge is 2.01. The van der Waals surface area contributed by atoms with Gasteiger partial charge in [0.15, 0.2) is 5.75 Å². The molecule has 1 rings (SSSR count). The van der Waals surface area contributed by atoms with Gasteiger partial charge in [0, 0.05) is 0 Å². The Hall–Kier alpha value is -0.970. The summed E-state index contributed by atoms with van der Waals surface area (Å²) in [6.45, 7) is 0. The van der Waals surface area contributed by atoms with E-state index in [1.54, 1.807) is 0 Å². The molecule has 0 aliphatic carbocycles. The molecule has 1 aromatic rings. The zero-order chi connectivity index (χ0) is 7.56. The molecule has 0 saturated carbocycles. The van der Waals surface area contributed by atoms with E-state index in [0.717, 1.165) is 0 Å². The van der Waals surface area contributed by atoms with Crippen LogP contribution in [0.1, 0.15) is 0 Å². The van der Waals surface area contributed by atoms with E-state index in [1.165, 1.54) is 12.1 Å². The molecule has 0 aromatic carbocycles. The fourth-order valence-corrected chi connectivity index (χ4v) is 0.785. The quantitative estimate of drug-likeness (QED) is 0.560. The van der Waals surface area contributed by atoms with Crippen LogP contribution in [0.3, 0.4) is 0 Å². The Morgan fingerprint density at radius 3 is 2.80 bits per heavy atom. The standard InChI is InChI=1S/C5H3BrN2O2/c6-4-2-1-3(9)5(7-4)8-10/h1-2,9H. The maximum absolute atomic E-state index is 9.89. The van der Waals surface area contributed by atoms with E-state index in [4.69, 9.17) is 5.11 Å². The van der Waals surface area contributed by atoms with Crippen molar-refractivity contribution in [3.63, 3.8) is 0 Å². The molecule has 4 nitrogen and oxygen atoms in total. The van der Waals surface area contributed by atoms with Crippen LogP contribution in [0.2, 0.25) is 0 Å². The van der Waals surface area contributed by atoms with Gasteiger partial charge in [0.25, 0.3) is 0 Å². The first kappa shape index (κ1) is 7.14. The second kappa shape index (κ2) is 2.74. The van der Waals surface area contributed by atoms with E-state index >= 15 is 0 Å². The van der Waals surface area contributed by atoms with Crippen LogP contribution in [0, 0.1) is 4.91 Å². The van der Waals surface area contributed by atoms with E-state index in [-0.39, 0.29) is 11.6 Å². The molecular formula is C5H3BrN2O2. The van der Waals surface area contributed by atoms with Crippen LogP contribution in [0.4, 0.5) is 5.82 Å². The Labute approximate surface area is 65.0 Å². The normalized spacial score (nSPS) is 9.30. The van der Waals surface area contributed by atoms with Crippen molar-refractivity contribution in [2.45, 2.75) is 0 Å². The Balaban J connectivity index is 3.21. The van der Waals surface area contributed by atoms with Crippen LogP contribution < -0.4 is 0 Å². The van der Waals surface area contributed by atoms with Gasteiger partial charge in [0.1, 0.15) is 4.60 Å². The number of nitroso groups, excluding NO2 is 1. The first-order valence-corrected chi connectivity index (χ1v) is 3.22. The van der Waals surface area contributed by atoms with Gasteiger partial charge in [-0.3, -0.25) is 0 Å². The van der Waals surface area contributed by atoms with Crippen molar-refractivity contribution in [2.24, 2.45) is 5.18 Å². The highest BCUT2D eigenvalue weighted by molar-refractivity contribution is 9.10. The van der Waals surface area contributed by atoms with Gasteiger partial charge in [-0.1, -0.05) is 0 Å². The number of aromatic nitrogens is 1. The average Bonchev–Trinajstić information content (AvgIpc) is 1.94. The van der Waals surface area contributed by atoms with Crippen molar-refractivity contribution >= 4 is 21.7 Å². The van der Waals surface area contributed by atoms with E-state index in [0.29, 0.717) is 4.60 Å². The Kier molecular flexibility index (Phi) is 1.96. The lowest BCUT2D eigenvalue weighted by Gasteiger charge is -1.92. The highest BCUT2D eigenvalue weighted by atomic mass is 79.9. The van der Waals surface area contributed by atoms with Crippen LogP contribution in [0.15, 0.2) is 21.9 Å². The van der Waals surface area contributed by atoms with Crippen LogP contribution in [0.5, 0.6) is 5.75 Å². The molecular weight excluding hydrogens is 200 g/mol. The summed E-state index contributed by atoms with van der Waals surface area (Å²) in [6.07, 6.45) is 0. The summed E-state index contributed by atoms with van der Waals surface area (Å²) in [6, 6.07) is 2.86. The minimum atomic E-state index is -0.210. The fraction of sp³-hybridized carbons (Fsp3) is 0. The van der Waals surface area contributed by atoms with Crippen molar-refractivity contribution < 1.29 is 5.11 Å². The van der Waals surface area contributed by atoms with Gasteiger partial charge in [-0.2, -0.15) is 0 Å². The molecule has 1 heterocycles. The first-order valence-electron chi connectivity index (χ1n) is 2.43. The first-order chi connectivity index (χ1) is 4.74. The van der Waals surface area contributed by atoms with Crippen LogP contribution in [-0.2, 0) is 0 Å². The number of hydrogen-bond donors (Lipinski definition) is 1. The van der Waals surface area contributed by atoms with E-state index in [2.05, 4.69) is 26.1 Å². The molecule has 1 aromatic heterocycles. The lowest BCUT2D eigenvalue weighted by molar-refractivity contribution is 0.474. The largest absolute Gasteiger partial charge is 0.504 e. The third-order valence-electron chi connectivity index (χ3n) is 0.907. The summed E-state index contributed by atoms with van der Waals surface area (Å²) in [4.78, 5) is 13.5. The number of halogens is 1. The summed E-state index contributed by atoms with van der Waals surface area (Å²) >= 11 is 3.02. The van der Waals surface area contributed by atoms with Gasteiger partial charge in [-0.25, -0.2) is 4.98 Å². The smallest absolute Gasteiger partial charge is 0.239 e. The monoisotopic (exact) mass is 202 g/mol. The molecule has 10 heavy (non-hydrogen) atoms. The lowest BCUT2D eigenvalue weighted by Crippen LogP contribution is -1.74. The predicted octanol–water partition coefficient (Wildman–Crippen LogP) is 1.95. The molecule has 0 unspecified atom stereocenters. The molecule has 52 valence electrons. The summed E-state index contributed by atoms with van der Waals surface area (Å²) < 4.78 is 0.472. The van der Waals surface area contributed by atoms with Crippen LogP contribution in [0.25, 0.3) is 0 Å². The van der Waals surface area contributed by atoms with Gasteiger partial charge in [-0.15, -0.1) is 4.91 Å². The number of rotatable bonds is 1. The third-order valence-corrected chi connectivity index (χ3v) is 1.35. The molecule has 0 saturated heterocycles. The number of aromatic hydroxyl groups is 1. The Bertz CT molecular complexity index is 264. The molecule has 0 atom stereocenters. The van der Waals surface area contributed by atoms with Gasteiger partial charge < -0.3 is 5.11 Å². The van der Waals surface area contributed by atoms with E-state index in [1.807, 2.05) is 0 Å². The highest BCUT2D eigenvalue weighted by Crippen LogP contribution is 2.24. The number of nitrogens with zero attached hydrogens (tertiary/aromatic N) is 2. The summed E-state index contributed by atoms with van der Waals surface area (Å²) in [5.74, 6) is -0.410. The molecule has 0 amide bonds. The van der Waals surface area contributed by atoms with Crippen molar-refractivity contribution in [3.05, 3.63) is 21.6 Å². The zero-order valence-corrected chi connectivity index (χ0v) is 6.37. The molecule has 0 aliphatic heterocycles. The van der Waals surface area contributed by atoms with Crippen molar-refractivity contribution in [2.75, 3.05) is 0 Å². The SMILES string of the molecule is O=Nc1nc(Br)ccc1O. The summed E-state index contributed by atoms with van der Waals surface area (Å²) in [7, 11) is 0. The topological polar surface area (TPSA) is 62.5 Å². The summed E-state index contributed by atoms with van der Waals surface area (Å²) in [5, 5.41) is 11.3. The number of pyridine rings is 1. The van der Waals surface area contributed by atoms with Gasteiger partial charge in [-0.05, 0) is 33.2 Å². The fourth-order valence-electron chi connectivity index (χ4n) is 0.485. The van der Waals surface area contributed by atoms with E-state index < -0.39 is 0 Å². The second-order valence-electron chi connectivity index (χ2n) is 1.57. The Morgan fingerprint density at radius 1 is 1.60 bits per heavy atom. The maximum Gasteiger partial charge on any atom is 0.239 e. The van der Waals surface area contributed by atoms with Crippen LogP contribution in [-0.4, -0.2) is 10.1 Å². The summed E-state index contributed by atoms with van der Waals surface area (Å²) in [5.41, 5.74) is 0. The lowest BCUT2D eigenvalue weighted by atomic mass is 10.4. The third kappa shape index (κ3) is 1.30. The zero-order valence-electron chi connectivity index (χ0n) is 4.78. The molecule has 0 aliphatic rings. The maximum atomic E-state index is 9.89. The average molecular weight is 203 g/mol. The van der Waals surface area contributed by atoms with Gasteiger partial charge >= 0.3 is 0 Å². The molecule has 0 bridgehead atoms. The van der Waals surface area contributed by atoms with Crippen LogP contribution >= 0.6 is 15.9 Å². The van der Waals surface area contributed by atoms with Gasteiger partial charge in [0.05, 0.1) is 0 Å². The van der Waals surface area contributed by atoms with Crippen molar-refractivity contribution in [1.82, 2.24) is 4.98 Å². The molecule has 5 heteroatoms. The molecule has 0 fully saturated rings. The minimum Gasteiger partial charge on any atom is -0.504 e. The van der Waals surface area contributed by atoms with E-state index in [9.17, 15) is 4.91 Å². The van der Waals surface area contributed by atoms with Crippen molar-refractivity contribution in [3.8, 4) is 5.75 Å². The minimum absolute atomic E-state index is 0.200. The molecule has 1 N–H and O–H groups in total. The number of hydrogen-bond acceptors (Lipinski definition) is 4. The molecule has 0 spiro atoms. The Morgan fingerprint density at radius 2 is 2.30 bits per heavy atom. The van der Waals surface area contributed by atoms with Crippen molar-refractivity contribution in [1.29, 1.82) is 0 Å². The predicted molar refractivity (Wildman–Crippen MR) is 39.1 cm³/mol. The molecule has 0 radical (unpaired) electrons. The second-order valence-corrected chi connectivity index (χ2v) is 2.38. The van der Waals surface area contributed by atoms with Gasteiger partial charge in [0.2, 0.25) is 5.82 Å².